The van der Waals surface area contributed by atoms with E-state index in [1.165, 1.54) is 6.20 Å². The van der Waals surface area contributed by atoms with Crippen LogP contribution in [0.1, 0.15) is 19.3 Å². The van der Waals surface area contributed by atoms with Gasteiger partial charge in [-0.25, -0.2) is 9.38 Å². The standard InChI is InChI=1S/C12H16FN3O/c1-14-12(9-5-10(13)7-15-6-9)16-4-2-3-11(17)8-16/h6-7,11,17H,1-5,8H2/b12-9-. The molecule has 1 unspecified atom stereocenters. The van der Waals surface area contributed by atoms with Gasteiger partial charge in [0.15, 0.2) is 0 Å². The summed E-state index contributed by atoms with van der Waals surface area (Å²) in [5.74, 6) is 0.358. The first-order chi connectivity index (χ1) is 8.20. The molecule has 0 spiro atoms. The van der Waals surface area contributed by atoms with Gasteiger partial charge in [-0.1, -0.05) is 0 Å². The molecule has 2 aliphatic rings. The molecule has 17 heavy (non-hydrogen) atoms. The zero-order chi connectivity index (χ0) is 12.3. The van der Waals surface area contributed by atoms with E-state index in [1.54, 1.807) is 6.21 Å². The Morgan fingerprint density at radius 2 is 2.47 bits per heavy atom. The average Bonchev–Trinajstić information content (AvgIpc) is 2.30. The van der Waals surface area contributed by atoms with Crippen molar-refractivity contribution in [2.45, 2.75) is 25.4 Å². The van der Waals surface area contributed by atoms with Gasteiger partial charge in [-0.15, -0.1) is 0 Å². The van der Waals surface area contributed by atoms with Crippen LogP contribution >= 0.6 is 0 Å². The third kappa shape index (κ3) is 2.79. The van der Waals surface area contributed by atoms with Crippen LogP contribution in [0.5, 0.6) is 0 Å². The molecule has 5 heteroatoms. The number of rotatable bonds is 2. The Balaban J connectivity index is 2.21. The summed E-state index contributed by atoms with van der Waals surface area (Å²) in [5, 5.41) is 9.63. The van der Waals surface area contributed by atoms with Crippen LogP contribution < -0.4 is 0 Å². The van der Waals surface area contributed by atoms with Gasteiger partial charge in [0.05, 0.1) is 12.3 Å². The number of hydrogen-bond acceptors (Lipinski definition) is 4. The van der Waals surface area contributed by atoms with E-state index in [4.69, 9.17) is 0 Å². The molecule has 1 N–H and O–H groups in total. The van der Waals surface area contributed by atoms with Gasteiger partial charge in [-0.2, -0.15) is 0 Å². The molecular weight excluding hydrogens is 221 g/mol. The second-order valence-electron chi connectivity index (χ2n) is 4.28. The van der Waals surface area contributed by atoms with Crippen molar-refractivity contribution in [1.29, 1.82) is 0 Å². The van der Waals surface area contributed by atoms with Crippen molar-refractivity contribution in [2.24, 2.45) is 9.98 Å². The lowest BCUT2D eigenvalue weighted by Crippen LogP contribution is -2.37. The summed E-state index contributed by atoms with van der Waals surface area (Å²) < 4.78 is 13.2. The highest BCUT2D eigenvalue weighted by atomic mass is 19.1. The summed E-state index contributed by atoms with van der Waals surface area (Å²) in [6.45, 7) is 4.87. The maximum absolute atomic E-state index is 13.2. The van der Waals surface area contributed by atoms with E-state index in [2.05, 4.69) is 16.7 Å². The van der Waals surface area contributed by atoms with Crippen molar-refractivity contribution < 1.29 is 9.50 Å². The van der Waals surface area contributed by atoms with Gasteiger partial charge in [0, 0.05) is 31.3 Å². The second-order valence-corrected chi connectivity index (χ2v) is 4.28. The fourth-order valence-electron chi connectivity index (χ4n) is 2.17. The third-order valence-corrected chi connectivity index (χ3v) is 2.94. The Hall–Kier alpha value is -1.49. The minimum absolute atomic E-state index is 0.199. The second kappa shape index (κ2) is 5.23. The Kier molecular flexibility index (Phi) is 3.68. The molecule has 1 fully saturated rings. The number of piperidine rings is 1. The molecule has 0 aliphatic carbocycles. The molecule has 2 rings (SSSR count). The summed E-state index contributed by atoms with van der Waals surface area (Å²) in [5.41, 5.74) is 0.717. The number of aliphatic imine (C=N–C) groups is 2. The molecule has 2 aliphatic heterocycles. The third-order valence-electron chi connectivity index (χ3n) is 2.94. The van der Waals surface area contributed by atoms with Crippen LogP contribution in [0.4, 0.5) is 4.39 Å². The van der Waals surface area contributed by atoms with E-state index in [1.807, 2.05) is 4.90 Å². The number of halogens is 1. The molecule has 0 aromatic rings. The largest absolute Gasteiger partial charge is 0.391 e. The van der Waals surface area contributed by atoms with Crippen LogP contribution in [-0.4, -0.2) is 42.1 Å². The lowest BCUT2D eigenvalue weighted by molar-refractivity contribution is 0.0871. The molecule has 0 bridgehead atoms. The number of hydrogen-bond donors (Lipinski definition) is 1. The van der Waals surface area contributed by atoms with E-state index >= 15 is 0 Å². The SMILES string of the molecule is C=N/C(=C1/C=NC=C(F)C1)N1CCCC(O)C1. The maximum atomic E-state index is 13.2. The van der Waals surface area contributed by atoms with Gasteiger partial charge in [0.1, 0.15) is 11.6 Å². The Morgan fingerprint density at radius 3 is 3.12 bits per heavy atom. The molecule has 0 aromatic heterocycles. The van der Waals surface area contributed by atoms with E-state index in [9.17, 15) is 9.50 Å². The lowest BCUT2D eigenvalue weighted by Gasteiger charge is -2.32. The molecule has 4 nitrogen and oxygen atoms in total. The normalized spacial score (nSPS) is 27.8. The monoisotopic (exact) mass is 237 g/mol. The van der Waals surface area contributed by atoms with Crippen LogP contribution in [-0.2, 0) is 0 Å². The van der Waals surface area contributed by atoms with Gasteiger partial charge in [-0.05, 0) is 19.6 Å². The van der Waals surface area contributed by atoms with Crippen molar-refractivity contribution >= 4 is 12.9 Å². The molecule has 1 atom stereocenters. The molecule has 0 amide bonds. The zero-order valence-electron chi connectivity index (χ0n) is 9.64. The summed E-state index contributed by atoms with van der Waals surface area (Å²) in [6.07, 6.45) is 4.37. The van der Waals surface area contributed by atoms with E-state index < -0.39 is 0 Å². The highest BCUT2D eigenvalue weighted by Crippen LogP contribution is 2.24. The number of likely N-dealkylation sites (tertiary alicyclic amines) is 1. The van der Waals surface area contributed by atoms with Crippen molar-refractivity contribution in [3.8, 4) is 0 Å². The fourth-order valence-corrected chi connectivity index (χ4v) is 2.17. The Morgan fingerprint density at radius 1 is 1.65 bits per heavy atom. The highest BCUT2D eigenvalue weighted by Gasteiger charge is 2.22. The Bertz CT molecular complexity index is 401. The number of allylic oxidation sites excluding steroid dienone is 2. The molecule has 0 radical (unpaired) electrons. The topological polar surface area (TPSA) is 48.2 Å². The van der Waals surface area contributed by atoms with Crippen LogP contribution in [0.2, 0.25) is 0 Å². The Labute approximate surface area is 99.9 Å². The van der Waals surface area contributed by atoms with Crippen LogP contribution in [0, 0.1) is 0 Å². The maximum Gasteiger partial charge on any atom is 0.133 e. The molecule has 0 saturated carbocycles. The van der Waals surface area contributed by atoms with Gasteiger partial charge >= 0.3 is 0 Å². The molecular formula is C12H16FN3O. The fraction of sp³-hybridized carbons (Fsp3) is 0.500. The first-order valence-electron chi connectivity index (χ1n) is 5.71. The predicted octanol–water partition coefficient (Wildman–Crippen LogP) is 1.64. The van der Waals surface area contributed by atoms with E-state index in [-0.39, 0.29) is 18.4 Å². The van der Waals surface area contributed by atoms with Gasteiger partial charge < -0.3 is 10.0 Å². The summed E-state index contributed by atoms with van der Waals surface area (Å²) in [7, 11) is 0. The average molecular weight is 237 g/mol. The van der Waals surface area contributed by atoms with E-state index in [0.29, 0.717) is 17.9 Å². The van der Waals surface area contributed by atoms with Gasteiger partial charge in [-0.3, -0.25) is 4.99 Å². The molecule has 2 heterocycles. The van der Waals surface area contributed by atoms with Crippen molar-refractivity contribution in [3.05, 3.63) is 23.4 Å². The minimum atomic E-state index is -0.345. The number of nitrogens with zero attached hydrogens (tertiary/aromatic N) is 3. The molecule has 92 valence electrons. The van der Waals surface area contributed by atoms with Crippen LogP contribution in [0.15, 0.2) is 33.4 Å². The molecule has 1 saturated heterocycles. The number of β-amino-alcohol motifs (C(OH)–C–C–N with tert-alkyl or cyclic N) is 1. The van der Waals surface area contributed by atoms with Crippen molar-refractivity contribution in [1.82, 2.24) is 4.90 Å². The van der Waals surface area contributed by atoms with Crippen molar-refractivity contribution in [2.75, 3.05) is 13.1 Å². The van der Waals surface area contributed by atoms with Gasteiger partial charge in [0.2, 0.25) is 0 Å². The first-order valence-corrected chi connectivity index (χ1v) is 5.71. The highest BCUT2D eigenvalue weighted by molar-refractivity contribution is 5.82. The smallest absolute Gasteiger partial charge is 0.133 e. The quantitative estimate of drug-likeness (QED) is 0.742. The minimum Gasteiger partial charge on any atom is -0.391 e. The summed E-state index contributed by atoms with van der Waals surface area (Å²) >= 11 is 0. The predicted molar refractivity (Wildman–Crippen MR) is 65.7 cm³/mol. The molecule has 0 aromatic carbocycles. The first kappa shape index (κ1) is 12.0. The zero-order valence-corrected chi connectivity index (χ0v) is 9.64. The van der Waals surface area contributed by atoms with Crippen LogP contribution in [0.25, 0.3) is 0 Å². The van der Waals surface area contributed by atoms with Crippen molar-refractivity contribution in [3.63, 3.8) is 0 Å². The summed E-state index contributed by atoms with van der Waals surface area (Å²) in [4.78, 5) is 9.73. The van der Waals surface area contributed by atoms with E-state index in [0.717, 1.165) is 19.4 Å². The number of aliphatic hydroxyl groups is 1. The lowest BCUT2D eigenvalue weighted by atomic mass is 10.1. The van der Waals surface area contributed by atoms with Gasteiger partial charge in [0.25, 0.3) is 0 Å². The number of aliphatic hydroxyl groups excluding tert-OH is 1. The van der Waals surface area contributed by atoms with Crippen LogP contribution in [0.3, 0.4) is 0 Å². The summed E-state index contributed by atoms with van der Waals surface area (Å²) in [6, 6.07) is 0.